The number of anilines is 2. The molecular formula is C25H23N3O6S. The predicted octanol–water partition coefficient (Wildman–Crippen LogP) is 3.59. The fourth-order valence-corrected chi connectivity index (χ4v) is 4.62. The van der Waals surface area contributed by atoms with Crippen LogP contribution in [-0.4, -0.2) is 46.0 Å². The number of esters is 1. The minimum absolute atomic E-state index is 0.0561. The minimum atomic E-state index is -3.79. The van der Waals surface area contributed by atoms with E-state index in [4.69, 9.17) is 9.57 Å². The molecule has 1 heterocycles. The fourth-order valence-electron chi connectivity index (χ4n) is 3.65. The van der Waals surface area contributed by atoms with Crippen LogP contribution in [0.2, 0.25) is 0 Å². The molecular weight excluding hydrogens is 470 g/mol. The summed E-state index contributed by atoms with van der Waals surface area (Å²) in [5, 5.41) is 6.07. The van der Waals surface area contributed by atoms with E-state index in [2.05, 4.69) is 10.6 Å². The Hall–Kier alpha value is -3.99. The molecule has 180 valence electrons. The lowest BCUT2D eigenvalue weighted by Crippen LogP contribution is -2.25. The summed E-state index contributed by atoms with van der Waals surface area (Å²) in [4.78, 5) is 29.8. The Balaban J connectivity index is 1.78. The van der Waals surface area contributed by atoms with Gasteiger partial charge in [0.15, 0.2) is 0 Å². The third kappa shape index (κ3) is 4.67. The summed E-state index contributed by atoms with van der Waals surface area (Å²) in [6.45, 7) is 0. The highest BCUT2D eigenvalue weighted by molar-refractivity contribution is 7.89. The molecule has 0 aliphatic carbocycles. The van der Waals surface area contributed by atoms with E-state index >= 15 is 0 Å². The fraction of sp³-hybridized carbons (Fsp3) is 0.120. The van der Waals surface area contributed by atoms with E-state index in [1.165, 1.54) is 33.4 Å². The van der Waals surface area contributed by atoms with Crippen LogP contribution in [-0.2, 0) is 24.4 Å². The molecule has 3 aromatic carbocycles. The monoisotopic (exact) mass is 493 g/mol. The normalized spacial score (nSPS) is 14.3. The van der Waals surface area contributed by atoms with Crippen LogP contribution in [0.15, 0.2) is 77.7 Å². The second-order valence-electron chi connectivity index (χ2n) is 7.57. The molecule has 35 heavy (non-hydrogen) atoms. The zero-order valence-electron chi connectivity index (χ0n) is 19.2. The van der Waals surface area contributed by atoms with Crippen molar-refractivity contribution in [2.24, 2.45) is 0 Å². The molecule has 0 fully saturated rings. The summed E-state index contributed by atoms with van der Waals surface area (Å²) in [7, 11) is 0.0726. The van der Waals surface area contributed by atoms with Gasteiger partial charge in [-0.1, -0.05) is 40.9 Å². The van der Waals surface area contributed by atoms with Crippen LogP contribution in [0.25, 0.3) is 11.3 Å². The quantitative estimate of drug-likeness (QED) is 0.294. The average molecular weight is 494 g/mol. The lowest BCUT2D eigenvalue weighted by atomic mass is 9.99. The maximum atomic E-state index is 13.1. The van der Waals surface area contributed by atoms with Crippen molar-refractivity contribution in [2.75, 3.05) is 31.9 Å². The van der Waals surface area contributed by atoms with Gasteiger partial charge in [0.2, 0.25) is 0 Å². The number of carbonyl (C=O) groups is 2. The number of methoxy groups -OCH3 is 1. The summed E-state index contributed by atoms with van der Waals surface area (Å²) < 4.78 is 30.5. The summed E-state index contributed by atoms with van der Waals surface area (Å²) in [6, 6.07) is 20.2. The Morgan fingerprint density at radius 3 is 2.26 bits per heavy atom. The van der Waals surface area contributed by atoms with Crippen LogP contribution in [0.5, 0.6) is 0 Å². The lowest BCUT2D eigenvalue weighted by molar-refractivity contribution is -0.110. The van der Waals surface area contributed by atoms with E-state index < -0.39 is 16.0 Å². The van der Waals surface area contributed by atoms with Gasteiger partial charge in [0.25, 0.3) is 15.9 Å². The number of nitrogens with one attached hydrogen (secondary N) is 2. The Morgan fingerprint density at radius 1 is 0.943 bits per heavy atom. The number of hydrogen-bond acceptors (Lipinski definition) is 7. The Labute approximate surface area is 203 Å². The molecule has 0 spiro atoms. The summed E-state index contributed by atoms with van der Waals surface area (Å²) in [5.41, 5.74) is 3.67. The van der Waals surface area contributed by atoms with Crippen molar-refractivity contribution in [3.8, 4) is 0 Å². The van der Waals surface area contributed by atoms with E-state index in [-0.39, 0.29) is 10.8 Å². The van der Waals surface area contributed by atoms with E-state index in [9.17, 15) is 18.0 Å². The highest BCUT2D eigenvalue weighted by Gasteiger charge is 2.29. The van der Waals surface area contributed by atoms with Crippen molar-refractivity contribution in [3.63, 3.8) is 0 Å². The second kappa shape index (κ2) is 9.71. The number of fused-ring (bicyclic) bond motifs is 1. The molecule has 0 saturated heterocycles. The molecule has 0 saturated carbocycles. The molecule has 1 aliphatic heterocycles. The Bertz CT molecular complexity index is 1420. The zero-order valence-corrected chi connectivity index (χ0v) is 20.0. The van der Waals surface area contributed by atoms with Crippen LogP contribution >= 0.6 is 0 Å². The van der Waals surface area contributed by atoms with Crippen molar-refractivity contribution in [3.05, 3.63) is 89.5 Å². The van der Waals surface area contributed by atoms with Crippen molar-refractivity contribution in [2.45, 2.75) is 4.90 Å². The first kappa shape index (κ1) is 24.1. The minimum Gasteiger partial charge on any atom is -0.465 e. The van der Waals surface area contributed by atoms with Crippen molar-refractivity contribution in [1.29, 1.82) is 0 Å². The number of hydrogen-bond donors (Lipinski definition) is 2. The second-order valence-corrected chi connectivity index (χ2v) is 9.50. The zero-order chi connectivity index (χ0) is 25.2. The molecule has 0 atom stereocenters. The number of ether oxygens (including phenoxy) is 1. The first-order valence-corrected chi connectivity index (χ1v) is 11.9. The molecule has 4 rings (SSSR count). The van der Waals surface area contributed by atoms with Crippen molar-refractivity contribution in [1.82, 2.24) is 4.47 Å². The maximum Gasteiger partial charge on any atom is 0.337 e. The molecule has 3 aromatic rings. The average Bonchev–Trinajstić information content (AvgIpc) is 3.21. The Kier molecular flexibility index (Phi) is 6.70. The van der Waals surface area contributed by atoms with Gasteiger partial charge in [-0.3, -0.25) is 9.63 Å². The topological polar surface area (TPSA) is 114 Å². The summed E-state index contributed by atoms with van der Waals surface area (Å²) in [5.74, 6) is -0.843. The van der Waals surface area contributed by atoms with Crippen LogP contribution in [0.4, 0.5) is 11.4 Å². The van der Waals surface area contributed by atoms with Crippen LogP contribution < -0.4 is 10.6 Å². The van der Waals surface area contributed by atoms with Gasteiger partial charge < -0.3 is 15.4 Å². The molecule has 0 radical (unpaired) electrons. The van der Waals surface area contributed by atoms with Crippen LogP contribution in [0.1, 0.15) is 21.5 Å². The maximum absolute atomic E-state index is 13.1. The number of rotatable bonds is 7. The van der Waals surface area contributed by atoms with E-state index in [1.54, 1.807) is 30.3 Å². The first-order valence-electron chi connectivity index (χ1n) is 10.5. The van der Waals surface area contributed by atoms with Gasteiger partial charge in [-0.25, -0.2) is 13.2 Å². The van der Waals surface area contributed by atoms with Gasteiger partial charge in [-0.15, -0.1) is 0 Å². The Morgan fingerprint density at radius 2 is 1.63 bits per heavy atom. The third-order valence-corrected chi connectivity index (χ3v) is 7.21. The number of hydroxylamine groups is 1. The van der Waals surface area contributed by atoms with Gasteiger partial charge in [0, 0.05) is 18.3 Å². The van der Waals surface area contributed by atoms with Gasteiger partial charge in [0.1, 0.15) is 0 Å². The number of sulfonamides is 1. The largest absolute Gasteiger partial charge is 0.465 e. The predicted molar refractivity (Wildman–Crippen MR) is 132 cm³/mol. The smallest absolute Gasteiger partial charge is 0.337 e. The lowest BCUT2D eigenvalue weighted by Gasteiger charge is -2.16. The van der Waals surface area contributed by atoms with Crippen LogP contribution in [0, 0.1) is 0 Å². The van der Waals surface area contributed by atoms with Gasteiger partial charge in [-0.05, 0) is 42.0 Å². The van der Waals surface area contributed by atoms with Gasteiger partial charge >= 0.3 is 5.97 Å². The highest BCUT2D eigenvalue weighted by atomic mass is 32.2. The van der Waals surface area contributed by atoms with Crippen molar-refractivity contribution < 1.29 is 27.6 Å². The highest BCUT2D eigenvalue weighted by Crippen LogP contribution is 2.38. The molecule has 1 aliphatic rings. The number of amides is 1. The first-order chi connectivity index (χ1) is 16.8. The van der Waals surface area contributed by atoms with E-state index in [0.717, 1.165) is 10.0 Å². The van der Waals surface area contributed by atoms with E-state index in [1.807, 2.05) is 30.3 Å². The van der Waals surface area contributed by atoms with Gasteiger partial charge in [0.05, 0.1) is 41.6 Å². The van der Waals surface area contributed by atoms with Gasteiger partial charge in [-0.2, -0.15) is 0 Å². The standard InChI is InChI=1S/C25H23N3O6S/c1-28(34-3)35(31,32)19-12-10-18(11-13-19)26-23(16-7-5-4-6-8-16)22-20-14-9-17(25(30)33-2)15-21(20)27-24(22)29/h4-15,26H,1-3H3,(H,27,29)/b23-22-. The molecule has 0 bridgehead atoms. The summed E-state index contributed by atoms with van der Waals surface area (Å²) in [6.07, 6.45) is 0. The van der Waals surface area contributed by atoms with Crippen molar-refractivity contribution >= 4 is 44.5 Å². The summed E-state index contributed by atoms with van der Waals surface area (Å²) >= 11 is 0. The number of carbonyl (C=O) groups excluding carboxylic acids is 2. The molecule has 0 aromatic heterocycles. The molecule has 0 unspecified atom stereocenters. The van der Waals surface area contributed by atoms with Crippen LogP contribution in [0.3, 0.4) is 0 Å². The molecule has 2 N–H and O–H groups in total. The SMILES string of the molecule is COC(=O)c1ccc2c(c1)NC(=O)/C2=C(\Nc1ccc(S(=O)(=O)N(C)OC)cc1)c1ccccc1. The molecule has 10 heteroatoms. The third-order valence-electron chi connectivity index (χ3n) is 5.51. The van der Waals surface area contributed by atoms with E-state index in [0.29, 0.717) is 33.8 Å². The number of benzene rings is 3. The molecule has 9 nitrogen and oxygen atoms in total. The number of nitrogens with zero attached hydrogens (tertiary/aromatic N) is 1. The molecule has 1 amide bonds.